The molecule has 3 saturated heterocycles. The molecule has 0 aliphatic carbocycles. The first-order valence-corrected chi connectivity index (χ1v) is 36.2. The third kappa shape index (κ3) is 35.5. The maximum Gasteiger partial charge on any atom is 0.220 e. The predicted molar refractivity (Wildman–Crippen MR) is 360 cm³/mol. The minimum atomic E-state index is -1.99. The Morgan fingerprint density at radius 3 is 1.22 bits per heavy atom. The van der Waals surface area contributed by atoms with Crippen LogP contribution in [0.25, 0.3) is 0 Å². The summed E-state index contributed by atoms with van der Waals surface area (Å²) in [6.45, 7) is 1.58. The van der Waals surface area contributed by atoms with Crippen LogP contribution in [-0.2, 0) is 33.2 Å². The van der Waals surface area contributed by atoms with Crippen LogP contribution in [0.2, 0.25) is 0 Å². The minimum absolute atomic E-state index is 0.209. The SMILES string of the molecule is CC/C=C\C/C=C\C/C=C\CCCCCCCC(=O)NC(COC1OC(CO)C(OC2OC(CO)C(OC3OC(CO)C(O)C(O)C3O)C(O)C2O)C(O)C1O)C(O)/C=C/CC/C=C/CC/C=C/CCCCCCCCCCCCCCCCCCCCCCCC. The van der Waals surface area contributed by atoms with Crippen LogP contribution in [0.1, 0.15) is 251 Å². The zero-order valence-electron chi connectivity index (χ0n) is 56.5. The second-order valence-corrected chi connectivity index (χ2v) is 25.6. The molecule has 3 aliphatic heterocycles. The zero-order valence-corrected chi connectivity index (χ0v) is 56.5. The molecule has 3 aliphatic rings. The van der Waals surface area contributed by atoms with Gasteiger partial charge in [0, 0.05) is 6.42 Å². The number of hydrogen-bond donors (Lipinski definition) is 12. The molecule has 534 valence electrons. The summed E-state index contributed by atoms with van der Waals surface area (Å²) in [5.74, 6) is -0.308. The Morgan fingerprint density at radius 2 is 0.761 bits per heavy atom. The highest BCUT2D eigenvalue weighted by Crippen LogP contribution is 2.33. The highest BCUT2D eigenvalue weighted by Gasteiger charge is 2.53. The zero-order chi connectivity index (χ0) is 66.8. The lowest BCUT2D eigenvalue weighted by Crippen LogP contribution is -2.66. The Labute approximate surface area is 553 Å². The van der Waals surface area contributed by atoms with E-state index in [1.54, 1.807) is 6.08 Å². The Bertz CT molecular complexity index is 1950. The fourth-order valence-electron chi connectivity index (χ4n) is 11.9. The van der Waals surface area contributed by atoms with E-state index in [0.29, 0.717) is 12.8 Å². The number of carbonyl (C=O) groups excluding carboxylic acids is 1. The molecule has 0 radical (unpaired) electrons. The van der Waals surface area contributed by atoms with Crippen molar-refractivity contribution in [3.63, 3.8) is 0 Å². The van der Waals surface area contributed by atoms with Crippen molar-refractivity contribution >= 4 is 5.91 Å². The first-order chi connectivity index (χ1) is 44.8. The number of rotatable bonds is 55. The van der Waals surface area contributed by atoms with E-state index < -0.39 is 124 Å². The summed E-state index contributed by atoms with van der Waals surface area (Å²) in [4.78, 5) is 13.4. The van der Waals surface area contributed by atoms with Gasteiger partial charge < -0.3 is 89.9 Å². The Balaban J connectivity index is 1.41. The molecule has 0 aromatic carbocycles. The van der Waals surface area contributed by atoms with Gasteiger partial charge in [-0.05, 0) is 77.0 Å². The third-order valence-corrected chi connectivity index (χ3v) is 17.7. The number of unbranched alkanes of at least 4 members (excludes halogenated alkanes) is 29. The van der Waals surface area contributed by atoms with Gasteiger partial charge in [-0.3, -0.25) is 4.79 Å². The average molecular weight is 1310 g/mol. The van der Waals surface area contributed by atoms with E-state index in [9.17, 15) is 61.0 Å². The Hall–Kier alpha value is -2.77. The number of nitrogens with one attached hydrogen (secondary N) is 1. The van der Waals surface area contributed by atoms with Gasteiger partial charge >= 0.3 is 0 Å². The van der Waals surface area contributed by atoms with E-state index in [4.69, 9.17) is 28.4 Å². The number of aliphatic hydroxyl groups excluding tert-OH is 11. The topological polar surface area (TPSA) is 307 Å². The van der Waals surface area contributed by atoms with E-state index in [-0.39, 0.29) is 18.9 Å². The Morgan fingerprint density at radius 1 is 0.402 bits per heavy atom. The summed E-state index contributed by atoms with van der Waals surface area (Å²) in [6, 6.07) is -1.01. The lowest BCUT2D eigenvalue weighted by molar-refractivity contribution is -0.379. The molecule has 3 heterocycles. The van der Waals surface area contributed by atoms with Gasteiger partial charge in [0.15, 0.2) is 18.9 Å². The van der Waals surface area contributed by atoms with E-state index in [1.165, 1.54) is 141 Å². The predicted octanol–water partition coefficient (Wildman–Crippen LogP) is 10.1. The lowest BCUT2D eigenvalue weighted by atomic mass is 9.96. The molecule has 19 nitrogen and oxygen atoms in total. The van der Waals surface area contributed by atoms with Crippen LogP contribution in [0.3, 0.4) is 0 Å². The van der Waals surface area contributed by atoms with Crippen molar-refractivity contribution in [3.05, 3.63) is 72.9 Å². The highest BCUT2D eigenvalue weighted by atomic mass is 16.8. The summed E-state index contributed by atoms with van der Waals surface area (Å²) in [7, 11) is 0. The fraction of sp³-hybridized carbons (Fsp3) is 0.822. The highest BCUT2D eigenvalue weighted by molar-refractivity contribution is 5.76. The minimum Gasteiger partial charge on any atom is -0.394 e. The van der Waals surface area contributed by atoms with Crippen molar-refractivity contribution in [3.8, 4) is 0 Å². The van der Waals surface area contributed by atoms with Gasteiger partial charge in [0.2, 0.25) is 5.91 Å². The molecule has 0 aromatic heterocycles. The van der Waals surface area contributed by atoms with E-state index in [2.05, 4.69) is 79.9 Å². The molecule has 17 unspecified atom stereocenters. The van der Waals surface area contributed by atoms with Crippen molar-refractivity contribution in [1.29, 1.82) is 0 Å². The van der Waals surface area contributed by atoms with Crippen LogP contribution >= 0.6 is 0 Å². The first kappa shape index (κ1) is 83.5. The molecular weight excluding hydrogens is 1180 g/mol. The molecule has 0 saturated carbocycles. The van der Waals surface area contributed by atoms with Crippen LogP contribution < -0.4 is 5.32 Å². The van der Waals surface area contributed by atoms with Crippen LogP contribution in [0.15, 0.2) is 72.9 Å². The molecule has 0 bridgehead atoms. The molecule has 3 fully saturated rings. The second-order valence-electron chi connectivity index (χ2n) is 25.6. The summed E-state index contributed by atoms with van der Waals surface area (Å²) in [6.07, 6.45) is 42.0. The number of carbonyl (C=O) groups is 1. The normalized spacial score (nSPS) is 28.1. The molecule has 0 spiro atoms. The van der Waals surface area contributed by atoms with E-state index in [0.717, 1.165) is 77.0 Å². The van der Waals surface area contributed by atoms with Gasteiger partial charge in [0.25, 0.3) is 0 Å². The maximum absolute atomic E-state index is 13.4. The molecule has 19 heteroatoms. The average Bonchev–Trinajstić information content (AvgIpc) is 0.837. The number of amides is 1. The van der Waals surface area contributed by atoms with Crippen molar-refractivity contribution in [2.45, 2.75) is 356 Å². The van der Waals surface area contributed by atoms with Crippen molar-refractivity contribution in [2.75, 3.05) is 26.4 Å². The third-order valence-electron chi connectivity index (χ3n) is 17.7. The van der Waals surface area contributed by atoms with E-state index in [1.807, 2.05) is 6.08 Å². The standard InChI is InChI=1S/C73H129NO18/c1-3-5-7-9-11-13-15-17-19-20-21-22-23-24-25-26-27-28-29-30-31-32-33-34-35-37-38-40-42-44-46-48-50-57(78)56(74-61(79)51-49-47-45-43-41-39-36-18-16-14-12-10-8-6-4-2)55-87-71-67(85)64(82)69(59(53-76)89-71)92-73-68(86)65(83)70(60(54-77)90-73)91-72-66(84)63(81)62(80)58(52-75)88-72/h6,8,12,14,18,34-36,40,42,48,50,56-60,62-73,75-78,80-86H,3-5,7,9-11,13,15-17,19-33,37-39,41,43-47,49,51-55H2,1-2H3,(H,74,79)/b8-6-,14-12-,35-34+,36-18-,42-40+,50-48+. The lowest BCUT2D eigenvalue weighted by Gasteiger charge is -2.48. The van der Waals surface area contributed by atoms with Crippen LogP contribution in [0.4, 0.5) is 0 Å². The van der Waals surface area contributed by atoms with Gasteiger partial charge in [-0.1, -0.05) is 241 Å². The molecule has 12 N–H and O–H groups in total. The van der Waals surface area contributed by atoms with Gasteiger partial charge in [-0.2, -0.15) is 0 Å². The smallest absolute Gasteiger partial charge is 0.220 e. The van der Waals surface area contributed by atoms with Gasteiger partial charge in [-0.15, -0.1) is 0 Å². The molecule has 92 heavy (non-hydrogen) atoms. The van der Waals surface area contributed by atoms with Crippen molar-refractivity contribution in [1.82, 2.24) is 5.32 Å². The number of ether oxygens (including phenoxy) is 6. The van der Waals surface area contributed by atoms with Crippen LogP contribution in [-0.4, -0.2) is 193 Å². The quantitative estimate of drug-likeness (QED) is 0.0199. The summed E-state index contributed by atoms with van der Waals surface area (Å²) in [5, 5.41) is 120. The monoisotopic (exact) mass is 1310 g/mol. The Kier molecular flexibility index (Phi) is 49.2. The summed E-state index contributed by atoms with van der Waals surface area (Å²) >= 11 is 0. The van der Waals surface area contributed by atoms with Gasteiger partial charge in [0.1, 0.15) is 73.2 Å². The van der Waals surface area contributed by atoms with E-state index >= 15 is 0 Å². The maximum atomic E-state index is 13.4. The largest absolute Gasteiger partial charge is 0.394 e. The van der Waals surface area contributed by atoms with Crippen LogP contribution in [0.5, 0.6) is 0 Å². The van der Waals surface area contributed by atoms with Crippen molar-refractivity contribution < 1.29 is 89.4 Å². The first-order valence-electron chi connectivity index (χ1n) is 36.2. The number of aliphatic hydroxyl groups is 11. The fourth-order valence-corrected chi connectivity index (χ4v) is 11.9. The molecule has 1 amide bonds. The molecule has 0 aromatic rings. The summed E-state index contributed by atoms with van der Waals surface area (Å²) < 4.78 is 34.3. The van der Waals surface area contributed by atoms with Gasteiger partial charge in [-0.25, -0.2) is 0 Å². The second kappa shape index (κ2) is 54.3. The van der Waals surface area contributed by atoms with Crippen molar-refractivity contribution in [2.24, 2.45) is 0 Å². The van der Waals surface area contributed by atoms with Crippen LogP contribution in [0, 0.1) is 0 Å². The summed E-state index contributed by atoms with van der Waals surface area (Å²) in [5.41, 5.74) is 0. The number of hydrogen-bond acceptors (Lipinski definition) is 18. The van der Waals surface area contributed by atoms with Gasteiger partial charge in [0.05, 0.1) is 38.6 Å². The molecular formula is C73H129NO18. The molecule has 17 atom stereocenters. The number of allylic oxidation sites excluding steroid dienone is 11. The molecule has 3 rings (SSSR count).